The summed E-state index contributed by atoms with van der Waals surface area (Å²) in [6.45, 7) is 1.11. The first-order valence-electron chi connectivity index (χ1n) is 5.20. The fourth-order valence-electron chi connectivity index (χ4n) is 1.37. The van der Waals surface area contributed by atoms with Gasteiger partial charge in [-0.05, 0) is 35.0 Å². The molecule has 0 aliphatic rings. The third-order valence-electron chi connectivity index (χ3n) is 2.33. The van der Waals surface area contributed by atoms with E-state index in [1.807, 2.05) is 0 Å². The first kappa shape index (κ1) is 19.0. The number of carbonyl (C=O) groups is 1. The Kier molecular flexibility index (Phi) is 6.79. The van der Waals surface area contributed by atoms with Gasteiger partial charge in [-0.15, -0.1) is 12.4 Å². The van der Waals surface area contributed by atoms with Crippen LogP contribution in [0.2, 0.25) is 0 Å². The molecule has 1 aromatic carbocycles. The van der Waals surface area contributed by atoms with Gasteiger partial charge in [-0.1, -0.05) is 0 Å². The van der Waals surface area contributed by atoms with Crippen LogP contribution in [0.1, 0.15) is 18.5 Å². The molecule has 0 aliphatic heterocycles. The van der Waals surface area contributed by atoms with Gasteiger partial charge < -0.3 is 15.6 Å². The predicted octanol–water partition coefficient (Wildman–Crippen LogP) is 2.91. The lowest BCUT2D eigenvalue weighted by Crippen LogP contribution is -2.41. The Labute approximate surface area is 127 Å². The van der Waals surface area contributed by atoms with Gasteiger partial charge in [0.25, 0.3) is 0 Å². The Morgan fingerprint density at radius 1 is 1.55 bits per heavy atom. The molecule has 0 unspecified atom stereocenters. The van der Waals surface area contributed by atoms with Crippen LogP contribution in [0.5, 0.6) is 5.75 Å². The predicted molar refractivity (Wildman–Crippen MR) is 71.5 cm³/mol. The number of esters is 1. The van der Waals surface area contributed by atoms with Crippen molar-refractivity contribution in [2.45, 2.75) is 18.9 Å². The zero-order valence-electron chi connectivity index (χ0n) is 10.2. The quantitative estimate of drug-likeness (QED) is 0.790. The zero-order chi connectivity index (χ0) is 14.8. The van der Waals surface area contributed by atoms with E-state index in [2.05, 4.69) is 20.7 Å². The fraction of sp³-hybridized carbons (Fsp3) is 0.364. The standard InChI is InChI=1S/C11H11BrF3NO3.ClH/c1-2-19-10(18)11(14,15)9(16)6-3-5(13)4-7(12)8(6)17;/h3-4,9,17H,2,16H2,1H3;1H/t9-;/m0./s1. The number of alkyl halides is 2. The molecule has 0 aromatic heterocycles. The number of ether oxygens (including phenoxy) is 1. The summed E-state index contributed by atoms with van der Waals surface area (Å²) < 4.78 is 44.6. The van der Waals surface area contributed by atoms with Crippen molar-refractivity contribution in [1.29, 1.82) is 0 Å². The molecule has 0 radical (unpaired) electrons. The Balaban J connectivity index is 0.00000361. The maximum atomic E-state index is 13.7. The number of halogens is 5. The van der Waals surface area contributed by atoms with Crippen LogP contribution in [-0.2, 0) is 9.53 Å². The van der Waals surface area contributed by atoms with Crippen molar-refractivity contribution in [2.75, 3.05) is 6.61 Å². The van der Waals surface area contributed by atoms with Crippen LogP contribution < -0.4 is 5.73 Å². The summed E-state index contributed by atoms with van der Waals surface area (Å²) in [5.74, 6) is -7.45. The summed E-state index contributed by atoms with van der Waals surface area (Å²) in [7, 11) is 0. The van der Waals surface area contributed by atoms with Crippen LogP contribution in [0.3, 0.4) is 0 Å². The SMILES string of the molecule is CCOC(=O)C(F)(F)[C@@H](N)c1cc(F)cc(Br)c1O.Cl. The van der Waals surface area contributed by atoms with Gasteiger partial charge in [0, 0.05) is 5.56 Å². The van der Waals surface area contributed by atoms with E-state index in [-0.39, 0.29) is 23.5 Å². The van der Waals surface area contributed by atoms with Gasteiger partial charge in [0.1, 0.15) is 17.6 Å². The highest BCUT2D eigenvalue weighted by Gasteiger charge is 2.48. The van der Waals surface area contributed by atoms with E-state index in [4.69, 9.17) is 5.73 Å². The lowest BCUT2D eigenvalue weighted by molar-refractivity contribution is -0.174. The highest BCUT2D eigenvalue weighted by Crippen LogP contribution is 2.38. The summed E-state index contributed by atoms with van der Waals surface area (Å²) in [5, 5.41) is 9.59. The molecule has 9 heteroatoms. The van der Waals surface area contributed by atoms with E-state index in [0.29, 0.717) is 6.07 Å². The highest BCUT2D eigenvalue weighted by molar-refractivity contribution is 9.10. The highest BCUT2D eigenvalue weighted by atomic mass is 79.9. The number of nitrogens with two attached hydrogens (primary N) is 1. The normalized spacial score (nSPS) is 12.5. The second-order valence-electron chi connectivity index (χ2n) is 3.65. The maximum absolute atomic E-state index is 13.7. The second-order valence-corrected chi connectivity index (χ2v) is 4.50. The molecular formula is C11H12BrClF3NO3. The van der Waals surface area contributed by atoms with Crippen LogP contribution in [0.25, 0.3) is 0 Å². The molecule has 0 spiro atoms. The van der Waals surface area contributed by atoms with Gasteiger partial charge in [0.15, 0.2) is 0 Å². The first-order valence-corrected chi connectivity index (χ1v) is 5.99. The van der Waals surface area contributed by atoms with Crippen molar-refractivity contribution in [3.63, 3.8) is 0 Å². The van der Waals surface area contributed by atoms with Crippen LogP contribution in [0.4, 0.5) is 13.2 Å². The fourth-order valence-corrected chi connectivity index (χ4v) is 1.82. The molecule has 1 rings (SSSR count). The van der Waals surface area contributed by atoms with Crippen molar-refractivity contribution in [3.8, 4) is 5.75 Å². The van der Waals surface area contributed by atoms with Gasteiger partial charge in [-0.2, -0.15) is 8.78 Å². The van der Waals surface area contributed by atoms with Crippen molar-refractivity contribution in [1.82, 2.24) is 0 Å². The first-order chi connectivity index (χ1) is 8.71. The molecular weight excluding hydrogens is 366 g/mol. The largest absolute Gasteiger partial charge is 0.506 e. The average Bonchev–Trinajstić information content (AvgIpc) is 2.33. The van der Waals surface area contributed by atoms with Gasteiger partial charge in [-0.3, -0.25) is 0 Å². The van der Waals surface area contributed by atoms with Crippen molar-refractivity contribution >= 4 is 34.3 Å². The Morgan fingerprint density at radius 3 is 2.60 bits per heavy atom. The van der Waals surface area contributed by atoms with Gasteiger partial charge in [-0.25, -0.2) is 9.18 Å². The number of rotatable bonds is 4. The van der Waals surface area contributed by atoms with E-state index < -0.39 is 35.1 Å². The third-order valence-corrected chi connectivity index (χ3v) is 2.94. The number of phenolic OH excluding ortho intramolecular Hbond substituents is 1. The minimum atomic E-state index is -4.08. The average molecular weight is 379 g/mol. The summed E-state index contributed by atoms with van der Waals surface area (Å²) in [6.07, 6.45) is 0. The summed E-state index contributed by atoms with van der Waals surface area (Å²) in [6, 6.07) is -0.704. The molecule has 0 amide bonds. The van der Waals surface area contributed by atoms with Crippen LogP contribution in [0, 0.1) is 5.82 Å². The zero-order valence-corrected chi connectivity index (χ0v) is 12.6. The smallest absolute Gasteiger partial charge is 0.379 e. The van der Waals surface area contributed by atoms with E-state index >= 15 is 0 Å². The number of hydrogen-bond donors (Lipinski definition) is 2. The third kappa shape index (κ3) is 3.77. The number of phenols is 1. The Morgan fingerprint density at radius 2 is 2.10 bits per heavy atom. The molecule has 1 atom stereocenters. The molecule has 0 heterocycles. The molecule has 0 saturated heterocycles. The number of carbonyl (C=O) groups excluding carboxylic acids is 1. The molecule has 3 N–H and O–H groups in total. The van der Waals surface area contributed by atoms with E-state index in [9.17, 15) is 23.1 Å². The van der Waals surface area contributed by atoms with Gasteiger partial charge in [0.2, 0.25) is 0 Å². The molecule has 0 bridgehead atoms. The van der Waals surface area contributed by atoms with Crippen molar-refractivity contribution in [2.24, 2.45) is 5.73 Å². The molecule has 114 valence electrons. The van der Waals surface area contributed by atoms with Crippen LogP contribution in [0.15, 0.2) is 16.6 Å². The summed E-state index contributed by atoms with van der Waals surface area (Å²) in [5.41, 5.74) is 4.65. The summed E-state index contributed by atoms with van der Waals surface area (Å²) in [4.78, 5) is 11.1. The minimum Gasteiger partial charge on any atom is -0.506 e. The van der Waals surface area contributed by atoms with Crippen molar-refractivity contribution < 1.29 is 27.8 Å². The molecule has 4 nitrogen and oxygen atoms in total. The molecule has 1 aromatic rings. The number of benzene rings is 1. The van der Waals surface area contributed by atoms with E-state index in [0.717, 1.165) is 6.07 Å². The van der Waals surface area contributed by atoms with E-state index in [1.54, 1.807) is 0 Å². The van der Waals surface area contributed by atoms with Gasteiger partial charge in [0.05, 0.1) is 11.1 Å². The minimum absolute atomic E-state index is 0. The monoisotopic (exact) mass is 377 g/mol. The lowest BCUT2D eigenvalue weighted by Gasteiger charge is -2.22. The van der Waals surface area contributed by atoms with E-state index in [1.165, 1.54) is 6.92 Å². The molecule has 0 fully saturated rings. The molecule has 0 aliphatic carbocycles. The Hall–Kier alpha value is -0.990. The Bertz CT molecular complexity index is 502. The topological polar surface area (TPSA) is 72.5 Å². The maximum Gasteiger partial charge on any atom is 0.379 e. The van der Waals surface area contributed by atoms with Crippen LogP contribution >= 0.6 is 28.3 Å². The molecule has 20 heavy (non-hydrogen) atoms. The summed E-state index contributed by atoms with van der Waals surface area (Å²) >= 11 is 2.79. The van der Waals surface area contributed by atoms with Crippen LogP contribution in [-0.4, -0.2) is 23.6 Å². The van der Waals surface area contributed by atoms with Crippen molar-refractivity contribution in [3.05, 3.63) is 28.0 Å². The number of hydrogen-bond acceptors (Lipinski definition) is 4. The second kappa shape index (κ2) is 7.14. The lowest BCUT2D eigenvalue weighted by atomic mass is 10.0. The van der Waals surface area contributed by atoms with Gasteiger partial charge >= 0.3 is 11.9 Å². The number of aromatic hydroxyl groups is 1. The molecule has 0 saturated carbocycles.